The van der Waals surface area contributed by atoms with Crippen LogP contribution in [0.1, 0.15) is 30.7 Å². The summed E-state index contributed by atoms with van der Waals surface area (Å²) in [4.78, 5) is 30.4. The standard InChI is InChI=1S/C25H25Cl2N7O3/c1-3-29-24(36)19-8-18(35)25(37-19)34-12-31-20-22(30-10-14-6-13(2)4-5-17(14)27)32-21(33-23(20)34)15-7-16(26)11-28-9-15/h4-7,9,11-12,18-19,25,35H,3,8,10H2,1-2H3,(H,29,36)(H,30,32,33)/t18-,19+,25-/m1/s1. The molecule has 1 amide bonds. The molecule has 1 aliphatic heterocycles. The van der Waals surface area contributed by atoms with Crippen LogP contribution in [-0.4, -0.2) is 54.3 Å². The molecule has 0 unspecified atom stereocenters. The van der Waals surface area contributed by atoms with E-state index in [1.54, 1.807) is 16.8 Å². The summed E-state index contributed by atoms with van der Waals surface area (Å²) in [6.07, 6.45) is 2.26. The Morgan fingerprint density at radius 3 is 2.86 bits per heavy atom. The minimum atomic E-state index is -0.932. The molecule has 37 heavy (non-hydrogen) atoms. The Balaban J connectivity index is 1.55. The van der Waals surface area contributed by atoms with Crippen LogP contribution in [0.3, 0.4) is 0 Å². The molecule has 0 spiro atoms. The van der Waals surface area contributed by atoms with E-state index in [2.05, 4.69) is 20.6 Å². The summed E-state index contributed by atoms with van der Waals surface area (Å²) in [5, 5.41) is 17.9. The van der Waals surface area contributed by atoms with Gasteiger partial charge in [0.15, 0.2) is 29.0 Å². The molecule has 1 aromatic carbocycles. The number of nitrogens with one attached hydrogen (secondary N) is 2. The lowest BCUT2D eigenvalue weighted by atomic mass is 10.1. The second-order valence-corrected chi connectivity index (χ2v) is 9.62. The molecule has 3 atom stereocenters. The molecule has 5 rings (SSSR count). The monoisotopic (exact) mass is 541 g/mol. The number of nitrogens with zero attached hydrogens (tertiary/aromatic N) is 5. The van der Waals surface area contributed by atoms with E-state index in [0.717, 1.165) is 11.1 Å². The van der Waals surface area contributed by atoms with Crippen LogP contribution in [0.2, 0.25) is 10.0 Å². The molecular weight excluding hydrogens is 517 g/mol. The van der Waals surface area contributed by atoms with Crippen LogP contribution >= 0.6 is 23.2 Å². The molecule has 12 heteroatoms. The molecule has 0 saturated carbocycles. The van der Waals surface area contributed by atoms with Gasteiger partial charge in [0.1, 0.15) is 12.2 Å². The lowest BCUT2D eigenvalue weighted by Crippen LogP contribution is -2.34. The second-order valence-electron chi connectivity index (χ2n) is 8.77. The van der Waals surface area contributed by atoms with Crippen molar-refractivity contribution in [3.63, 3.8) is 0 Å². The Hall–Kier alpha value is -3.31. The predicted octanol–water partition coefficient (Wildman–Crippen LogP) is 3.90. The second kappa shape index (κ2) is 10.6. The minimum absolute atomic E-state index is 0.156. The summed E-state index contributed by atoms with van der Waals surface area (Å²) in [5.74, 6) is 0.546. The van der Waals surface area contributed by atoms with Crippen molar-refractivity contribution in [3.05, 3.63) is 64.2 Å². The summed E-state index contributed by atoms with van der Waals surface area (Å²) in [5.41, 5.74) is 3.48. The fourth-order valence-corrected chi connectivity index (χ4v) is 4.62. The van der Waals surface area contributed by atoms with Gasteiger partial charge in [-0.05, 0) is 31.5 Å². The SMILES string of the molecule is CCNC(=O)[C@@H]1C[C@@H](O)[C@H](n2cnc3c(NCc4cc(C)ccc4Cl)nc(-c4cncc(Cl)c4)nc32)O1. The molecule has 1 fully saturated rings. The van der Waals surface area contributed by atoms with Gasteiger partial charge in [0.2, 0.25) is 5.91 Å². The first-order valence-corrected chi connectivity index (χ1v) is 12.5. The van der Waals surface area contributed by atoms with E-state index >= 15 is 0 Å². The van der Waals surface area contributed by atoms with Crippen molar-refractivity contribution < 1.29 is 14.6 Å². The zero-order chi connectivity index (χ0) is 26.1. The summed E-state index contributed by atoms with van der Waals surface area (Å²) >= 11 is 12.6. The molecule has 0 bridgehead atoms. The van der Waals surface area contributed by atoms with E-state index in [4.69, 9.17) is 37.9 Å². The molecule has 4 aromatic rings. The van der Waals surface area contributed by atoms with Gasteiger partial charge in [-0.1, -0.05) is 40.9 Å². The number of hydrogen-bond donors (Lipinski definition) is 3. The Labute approximate surface area is 223 Å². The highest BCUT2D eigenvalue weighted by Crippen LogP contribution is 2.33. The Kier molecular flexibility index (Phi) is 7.25. The number of anilines is 1. The maximum Gasteiger partial charge on any atom is 0.249 e. The van der Waals surface area contributed by atoms with Gasteiger partial charge < -0.3 is 20.5 Å². The number of carbonyl (C=O) groups excluding carboxylic acids is 1. The van der Waals surface area contributed by atoms with Gasteiger partial charge in [-0.15, -0.1) is 0 Å². The number of aromatic nitrogens is 5. The number of ether oxygens (including phenoxy) is 1. The van der Waals surface area contributed by atoms with Gasteiger partial charge in [-0.3, -0.25) is 14.3 Å². The summed E-state index contributed by atoms with van der Waals surface area (Å²) in [7, 11) is 0. The summed E-state index contributed by atoms with van der Waals surface area (Å²) < 4.78 is 7.55. The van der Waals surface area contributed by atoms with E-state index in [0.29, 0.717) is 51.5 Å². The first-order chi connectivity index (χ1) is 17.8. The molecular formula is C25H25Cl2N7O3. The van der Waals surface area contributed by atoms with Crippen LogP contribution in [0.4, 0.5) is 5.82 Å². The normalized spacial score (nSPS) is 19.3. The number of aliphatic hydroxyl groups excluding tert-OH is 1. The van der Waals surface area contributed by atoms with Crippen LogP contribution in [0, 0.1) is 6.92 Å². The number of carbonyl (C=O) groups is 1. The number of imidazole rings is 1. The number of fused-ring (bicyclic) bond motifs is 1. The summed E-state index contributed by atoms with van der Waals surface area (Å²) in [6, 6.07) is 7.51. The quantitative estimate of drug-likeness (QED) is 0.321. The Morgan fingerprint density at radius 1 is 1.24 bits per heavy atom. The fourth-order valence-electron chi connectivity index (χ4n) is 4.27. The van der Waals surface area contributed by atoms with Gasteiger partial charge in [0.25, 0.3) is 0 Å². The average molecular weight is 542 g/mol. The number of aliphatic hydroxyl groups is 1. The third kappa shape index (κ3) is 5.24. The Bertz CT molecular complexity index is 1460. The van der Waals surface area contributed by atoms with Gasteiger partial charge in [-0.25, -0.2) is 15.0 Å². The fraction of sp³-hybridized carbons (Fsp3) is 0.320. The molecule has 0 radical (unpaired) electrons. The molecule has 10 nitrogen and oxygen atoms in total. The highest BCUT2D eigenvalue weighted by molar-refractivity contribution is 6.31. The van der Waals surface area contributed by atoms with Crippen molar-refractivity contribution in [3.8, 4) is 11.4 Å². The number of rotatable bonds is 7. The number of hydrogen-bond acceptors (Lipinski definition) is 8. The highest BCUT2D eigenvalue weighted by atomic mass is 35.5. The number of halogens is 2. The van der Waals surface area contributed by atoms with E-state index in [9.17, 15) is 9.90 Å². The van der Waals surface area contributed by atoms with E-state index in [1.807, 2.05) is 32.0 Å². The number of likely N-dealkylation sites (N-methyl/N-ethyl adjacent to an activating group) is 1. The van der Waals surface area contributed by atoms with Crippen LogP contribution in [0.25, 0.3) is 22.6 Å². The number of pyridine rings is 1. The first kappa shape index (κ1) is 25.3. The molecule has 192 valence electrons. The topological polar surface area (TPSA) is 127 Å². The van der Waals surface area contributed by atoms with Gasteiger partial charge >= 0.3 is 0 Å². The number of aryl methyl sites for hydroxylation is 1. The third-order valence-corrected chi connectivity index (χ3v) is 6.61. The van der Waals surface area contributed by atoms with Crippen LogP contribution in [0.5, 0.6) is 0 Å². The van der Waals surface area contributed by atoms with Crippen molar-refractivity contribution in [2.45, 2.75) is 45.2 Å². The zero-order valence-electron chi connectivity index (χ0n) is 20.2. The van der Waals surface area contributed by atoms with Crippen molar-refractivity contribution in [2.24, 2.45) is 0 Å². The third-order valence-electron chi connectivity index (χ3n) is 6.04. The number of amides is 1. The minimum Gasteiger partial charge on any atom is -0.388 e. The van der Waals surface area contributed by atoms with Gasteiger partial charge in [0.05, 0.1) is 11.3 Å². The van der Waals surface area contributed by atoms with Gasteiger partial charge in [0, 0.05) is 42.5 Å². The number of benzene rings is 1. The Morgan fingerprint density at radius 2 is 2.08 bits per heavy atom. The van der Waals surface area contributed by atoms with E-state index < -0.39 is 18.4 Å². The van der Waals surface area contributed by atoms with E-state index in [-0.39, 0.29) is 12.3 Å². The van der Waals surface area contributed by atoms with Crippen molar-refractivity contribution in [1.82, 2.24) is 29.8 Å². The van der Waals surface area contributed by atoms with E-state index in [1.165, 1.54) is 12.5 Å². The van der Waals surface area contributed by atoms with Gasteiger partial charge in [-0.2, -0.15) is 0 Å². The smallest absolute Gasteiger partial charge is 0.249 e. The van der Waals surface area contributed by atoms with Crippen molar-refractivity contribution >= 4 is 46.1 Å². The largest absolute Gasteiger partial charge is 0.388 e. The maximum atomic E-state index is 12.3. The summed E-state index contributed by atoms with van der Waals surface area (Å²) in [6.45, 7) is 4.69. The molecule has 3 N–H and O–H groups in total. The van der Waals surface area contributed by atoms with Crippen LogP contribution < -0.4 is 10.6 Å². The maximum absolute atomic E-state index is 12.3. The van der Waals surface area contributed by atoms with Crippen molar-refractivity contribution in [2.75, 3.05) is 11.9 Å². The van der Waals surface area contributed by atoms with Crippen molar-refractivity contribution in [1.29, 1.82) is 0 Å². The average Bonchev–Trinajstić information content (AvgIpc) is 3.47. The lowest BCUT2D eigenvalue weighted by molar-refractivity contribution is -0.134. The molecule has 3 aromatic heterocycles. The zero-order valence-corrected chi connectivity index (χ0v) is 21.7. The first-order valence-electron chi connectivity index (χ1n) is 11.8. The predicted molar refractivity (Wildman–Crippen MR) is 140 cm³/mol. The van der Waals surface area contributed by atoms with Crippen LogP contribution in [-0.2, 0) is 16.1 Å². The highest BCUT2D eigenvalue weighted by Gasteiger charge is 2.40. The molecule has 1 aliphatic rings. The van der Waals surface area contributed by atoms with Crippen LogP contribution in [0.15, 0.2) is 43.0 Å². The lowest BCUT2D eigenvalue weighted by Gasteiger charge is -2.17. The molecule has 4 heterocycles. The molecule has 1 saturated heterocycles. The molecule has 0 aliphatic carbocycles.